The fourth-order valence-corrected chi connectivity index (χ4v) is 4.57. The molecule has 3 atom stereocenters. The Morgan fingerprint density at radius 3 is 2.81 bits per heavy atom. The van der Waals surface area contributed by atoms with Crippen LogP contribution in [0.25, 0.3) is 0 Å². The predicted molar refractivity (Wildman–Crippen MR) is 103 cm³/mol. The minimum absolute atomic E-state index is 0.0372. The summed E-state index contributed by atoms with van der Waals surface area (Å²) in [6.07, 6.45) is 6.27. The van der Waals surface area contributed by atoms with E-state index >= 15 is 0 Å². The third-order valence-corrected chi connectivity index (χ3v) is 5.73. The molecule has 2 aliphatic heterocycles. The van der Waals surface area contributed by atoms with E-state index in [-0.39, 0.29) is 35.8 Å². The number of amides is 2. The smallest absolute Gasteiger partial charge is 0.251 e. The Bertz CT molecular complexity index is 745. The lowest BCUT2D eigenvalue weighted by Crippen LogP contribution is -2.45. The van der Waals surface area contributed by atoms with Crippen LogP contribution in [0.2, 0.25) is 0 Å². The maximum absolute atomic E-state index is 13.8. The number of fused-ring (bicyclic) bond motifs is 2. The van der Waals surface area contributed by atoms with Crippen molar-refractivity contribution < 1.29 is 14.0 Å². The average Bonchev–Trinajstić information content (AvgIpc) is 3.14. The van der Waals surface area contributed by atoms with Crippen LogP contribution >= 0.6 is 11.8 Å². The molecule has 2 heterocycles. The molecule has 3 rings (SSSR count). The van der Waals surface area contributed by atoms with Gasteiger partial charge in [-0.2, -0.15) is 11.8 Å². The van der Waals surface area contributed by atoms with Crippen LogP contribution in [-0.2, 0) is 10.5 Å². The number of hydrogen-bond donors (Lipinski definition) is 1. The molecule has 0 spiro atoms. The second kappa shape index (κ2) is 7.82. The number of thioether (sulfide) groups is 1. The minimum Gasteiger partial charge on any atom is -0.347 e. The summed E-state index contributed by atoms with van der Waals surface area (Å²) >= 11 is 1.52. The van der Waals surface area contributed by atoms with Gasteiger partial charge in [-0.15, -0.1) is 0 Å². The first-order valence-electron chi connectivity index (χ1n) is 8.96. The highest BCUT2D eigenvalue weighted by molar-refractivity contribution is 7.97. The highest BCUT2D eigenvalue weighted by atomic mass is 32.2. The van der Waals surface area contributed by atoms with E-state index in [1.165, 1.54) is 23.9 Å². The summed E-state index contributed by atoms with van der Waals surface area (Å²) < 4.78 is 13.8. The Morgan fingerprint density at radius 2 is 2.12 bits per heavy atom. The number of benzene rings is 1. The molecule has 1 aromatic rings. The van der Waals surface area contributed by atoms with Gasteiger partial charge in [0.1, 0.15) is 5.82 Å². The molecule has 2 saturated heterocycles. The lowest BCUT2D eigenvalue weighted by Gasteiger charge is -2.24. The first kappa shape index (κ1) is 19.0. The third kappa shape index (κ3) is 3.80. The number of hydrogen-bond acceptors (Lipinski definition) is 3. The second-order valence-corrected chi connectivity index (χ2v) is 8.19. The van der Waals surface area contributed by atoms with E-state index in [9.17, 15) is 14.0 Å². The van der Waals surface area contributed by atoms with E-state index in [2.05, 4.69) is 5.32 Å². The van der Waals surface area contributed by atoms with Crippen LogP contribution in [0.15, 0.2) is 29.8 Å². The Morgan fingerprint density at radius 1 is 1.35 bits per heavy atom. The van der Waals surface area contributed by atoms with Gasteiger partial charge in [0, 0.05) is 23.4 Å². The van der Waals surface area contributed by atoms with Crippen molar-refractivity contribution in [2.75, 3.05) is 6.26 Å². The third-order valence-electron chi connectivity index (χ3n) is 5.13. The van der Waals surface area contributed by atoms with Crippen molar-refractivity contribution in [1.82, 2.24) is 10.2 Å². The van der Waals surface area contributed by atoms with Crippen LogP contribution in [0, 0.1) is 5.82 Å². The van der Waals surface area contributed by atoms with Crippen molar-refractivity contribution in [3.63, 3.8) is 0 Å². The van der Waals surface area contributed by atoms with Crippen molar-refractivity contribution in [2.24, 2.45) is 0 Å². The molecule has 2 amide bonds. The largest absolute Gasteiger partial charge is 0.347 e. The zero-order valence-corrected chi connectivity index (χ0v) is 16.2. The number of carbonyl (C=O) groups excluding carboxylic acids is 2. The second-order valence-electron chi connectivity index (χ2n) is 7.32. The Labute approximate surface area is 158 Å². The summed E-state index contributed by atoms with van der Waals surface area (Å²) in [5.74, 6) is 0.0959. The van der Waals surface area contributed by atoms with Crippen LogP contribution in [-0.4, -0.2) is 41.1 Å². The van der Waals surface area contributed by atoms with E-state index in [1.807, 2.05) is 25.0 Å². The molecular formula is C20H25FN2O2S. The van der Waals surface area contributed by atoms with E-state index in [0.717, 1.165) is 24.8 Å². The van der Waals surface area contributed by atoms with Crippen molar-refractivity contribution >= 4 is 23.6 Å². The zero-order chi connectivity index (χ0) is 18.8. The van der Waals surface area contributed by atoms with E-state index in [0.29, 0.717) is 16.9 Å². The quantitative estimate of drug-likeness (QED) is 0.800. The molecule has 0 unspecified atom stereocenters. The number of halogens is 1. The maximum Gasteiger partial charge on any atom is 0.251 e. The lowest BCUT2D eigenvalue weighted by atomic mass is 9.95. The predicted octanol–water partition coefficient (Wildman–Crippen LogP) is 3.52. The van der Waals surface area contributed by atoms with Crippen LogP contribution in [0.1, 0.15) is 49.0 Å². The van der Waals surface area contributed by atoms with Gasteiger partial charge in [-0.25, -0.2) is 4.39 Å². The van der Waals surface area contributed by atoms with Crippen LogP contribution < -0.4 is 5.32 Å². The Hall–Kier alpha value is -1.82. The summed E-state index contributed by atoms with van der Waals surface area (Å²) in [6.45, 7) is 3.83. The van der Waals surface area contributed by atoms with Gasteiger partial charge in [0.25, 0.3) is 5.91 Å². The lowest BCUT2D eigenvalue weighted by molar-refractivity contribution is -0.127. The average molecular weight is 376 g/mol. The molecule has 0 radical (unpaired) electrons. The number of carbonyl (C=O) groups is 2. The number of rotatable bonds is 5. The van der Waals surface area contributed by atoms with Gasteiger partial charge < -0.3 is 10.2 Å². The normalized spacial score (nSPS) is 23.8. The molecule has 2 bridgehead atoms. The fourth-order valence-electron chi connectivity index (χ4n) is 4.04. The molecule has 2 fully saturated rings. The molecule has 140 valence electrons. The highest BCUT2D eigenvalue weighted by Crippen LogP contribution is 2.38. The first-order valence-corrected chi connectivity index (χ1v) is 10.4. The van der Waals surface area contributed by atoms with Crippen LogP contribution in [0.4, 0.5) is 4.39 Å². The van der Waals surface area contributed by atoms with E-state index in [1.54, 1.807) is 12.1 Å². The summed E-state index contributed by atoms with van der Waals surface area (Å²) in [5.41, 5.74) is 1.99. The van der Waals surface area contributed by atoms with Crippen LogP contribution in [0.5, 0.6) is 0 Å². The molecule has 1 aromatic carbocycles. The SMILES string of the molecule is CSCc1cc(C(=O)N[C@@H]2C[C@@H]3CC[C@H]2N3C(=O)C=C(C)C)ccc1F. The fraction of sp³-hybridized carbons (Fsp3) is 0.500. The number of allylic oxidation sites excluding steroid dienone is 1. The molecule has 0 aromatic heterocycles. The molecule has 0 saturated carbocycles. The van der Waals surface area contributed by atoms with Crippen molar-refractivity contribution in [1.29, 1.82) is 0 Å². The molecule has 4 nitrogen and oxygen atoms in total. The maximum atomic E-state index is 13.8. The van der Waals surface area contributed by atoms with Gasteiger partial charge in [-0.3, -0.25) is 9.59 Å². The summed E-state index contributed by atoms with van der Waals surface area (Å²) in [5, 5.41) is 3.07. The van der Waals surface area contributed by atoms with E-state index < -0.39 is 0 Å². The number of nitrogens with one attached hydrogen (secondary N) is 1. The van der Waals surface area contributed by atoms with Gasteiger partial charge in [0.05, 0.1) is 12.1 Å². The molecule has 2 aliphatic rings. The van der Waals surface area contributed by atoms with Crippen molar-refractivity contribution in [3.8, 4) is 0 Å². The van der Waals surface area contributed by atoms with Gasteiger partial charge in [0.2, 0.25) is 5.91 Å². The van der Waals surface area contributed by atoms with Gasteiger partial charge in [0.15, 0.2) is 0 Å². The van der Waals surface area contributed by atoms with Crippen molar-refractivity contribution in [2.45, 2.75) is 57.0 Å². The van der Waals surface area contributed by atoms with Crippen molar-refractivity contribution in [3.05, 3.63) is 46.8 Å². The molecule has 26 heavy (non-hydrogen) atoms. The summed E-state index contributed by atoms with van der Waals surface area (Å²) in [4.78, 5) is 27.0. The minimum atomic E-state index is -0.283. The monoisotopic (exact) mass is 376 g/mol. The standard InChI is InChI=1S/C20H25FN2O2S/c1-12(2)8-19(24)23-15-5-7-18(23)17(10-15)22-20(25)13-4-6-16(21)14(9-13)11-26-3/h4,6,8-9,15,17-18H,5,7,10-11H2,1-3H3,(H,22,25)/t15-,17+,18+/m0/s1. The molecular weight excluding hydrogens is 351 g/mol. The summed E-state index contributed by atoms with van der Waals surface area (Å²) in [7, 11) is 0. The number of nitrogens with zero attached hydrogens (tertiary/aromatic N) is 1. The Balaban J connectivity index is 1.70. The van der Waals surface area contributed by atoms with Gasteiger partial charge in [-0.05, 0) is 63.1 Å². The topological polar surface area (TPSA) is 49.4 Å². The molecule has 0 aliphatic carbocycles. The first-order chi connectivity index (χ1) is 12.4. The summed E-state index contributed by atoms with van der Waals surface area (Å²) in [6, 6.07) is 4.72. The molecule has 6 heteroatoms. The van der Waals surface area contributed by atoms with Gasteiger partial charge in [-0.1, -0.05) is 5.57 Å². The molecule has 1 N–H and O–H groups in total. The highest BCUT2D eigenvalue weighted by Gasteiger charge is 2.48. The Kier molecular flexibility index (Phi) is 5.70. The van der Waals surface area contributed by atoms with E-state index in [4.69, 9.17) is 0 Å². The van der Waals surface area contributed by atoms with Gasteiger partial charge >= 0.3 is 0 Å². The zero-order valence-electron chi connectivity index (χ0n) is 15.4. The van der Waals surface area contributed by atoms with Crippen LogP contribution in [0.3, 0.4) is 0 Å².